The molecular formula is C21H14N2O5S2. The Bertz CT molecular complexity index is 1420. The zero-order chi connectivity index (χ0) is 20.8. The van der Waals surface area contributed by atoms with Crippen molar-refractivity contribution in [3.63, 3.8) is 0 Å². The van der Waals surface area contributed by atoms with Gasteiger partial charge in [0.15, 0.2) is 15.5 Å². The molecule has 0 bridgehead atoms. The molecule has 1 N–H and O–H groups in total. The van der Waals surface area contributed by atoms with Gasteiger partial charge in [-0.2, -0.15) is 0 Å². The van der Waals surface area contributed by atoms with Crippen LogP contribution in [0.5, 0.6) is 23.1 Å². The summed E-state index contributed by atoms with van der Waals surface area (Å²) in [6.45, 7) is 0.159. The summed E-state index contributed by atoms with van der Waals surface area (Å²) < 4.78 is 17.9. The number of aromatic hydroxyl groups is 1. The highest BCUT2D eigenvalue weighted by Gasteiger charge is 2.19. The largest absolute Gasteiger partial charge is 0.497 e. The van der Waals surface area contributed by atoms with Crippen molar-refractivity contribution < 1.29 is 24.1 Å². The fraction of sp³-hybridized carbons (Fsp3) is 0.0952. The third-order valence-electron chi connectivity index (χ3n) is 4.73. The van der Waals surface area contributed by atoms with Crippen molar-refractivity contribution in [2.45, 2.75) is 0 Å². The van der Waals surface area contributed by atoms with Crippen LogP contribution >= 0.6 is 23.6 Å². The van der Waals surface area contributed by atoms with E-state index in [1.807, 2.05) is 6.07 Å². The van der Waals surface area contributed by atoms with Gasteiger partial charge in [-0.25, -0.2) is 4.99 Å². The quantitative estimate of drug-likeness (QED) is 0.500. The van der Waals surface area contributed by atoms with E-state index in [-0.39, 0.29) is 12.7 Å². The lowest BCUT2D eigenvalue weighted by molar-refractivity contribution is -0.114. The van der Waals surface area contributed by atoms with Gasteiger partial charge < -0.3 is 19.3 Å². The summed E-state index contributed by atoms with van der Waals surface area (Å²) in [7, 11) is 1.56. The number of carbonyl (C=O) groups is 1. The maximum Gasteiger partial charge on any atom is 0.277 e. The predicted molar refractivity (Wildman–Crippen MR) is 113 cm³/mol. The van der Waals surface area contributed by atoms with Gasteiger partial charge in [0, 0.05) is 22.9 Å². The second kappa shape index (κ2) is 7.12. The van der Waals surface area contributed by atoms with Crippen molar-refractivity contribution >= 4 is 41.6 Å². The van der Waals surface area contributed by atoms with Crippen LogP contribution in [0.2, 0.25) is 0 Å². The zero-order valence-corrected chi connectivity index (χ0v) is 17.3. The molecule has 3 heterocycles. The number of carbonyl (C=O) groups excluding carboxylic acids is 1. The molecule has 2 aromatic carbocycles. The Kier molecular flexibility index (Phi) is 4.41. The van der Waals surface area contributed by atoms with E-state index < -0.39 is 5.91 Å². The first-order valence-corrected chi connectivity index (χ1v) is 10.1. The highest BCUT2D eigenvalue weighted by molar-refractivity contribution is 7.73. The van der Waals surface area contributed by atoms with Crippen LogP contribution in [0.1, 0.15) is 4.88 Å². The standard InChI is InChI=1S/C21H14N2O5S2/c1-26-14-4-2-11-6-12(19(24)22-15(11)9-14)7-18-20(25)23(21(29)30-18)13-3-5-16-17(8-13)28-10-27-16/h2-9,25H,10H2,1H3/b12-7-. The van der Waals surface area contributed by atoms with Crippen LogP contribution in [0.4, 0.5) is 0 Å². The molecule has 2 aliphatic heterocycles. The van der Waals surface area contributed by atoms with Crippen LogP contribution in [0.3, 0.4) is 0 Å². The number of ether oxygens (including phenoxy) is 3. The van der Waals surface area contributed by atoms with Crippen LogP contribution in [0.25, 0.3) is 17.8 Å². The second-order valence-corrected chi connectivity index (χ2v) is 8.19. The molecule has 0 atom stereocenters. The van der Waals surface area contributed by atoms with Crippen LogP contribution < -0.4 is 24.8 Å². The van der Waals surface area contributed by atoms with Gasteiger partial charge in [0.1, 0.15) is 5.75 Å². The first-order valence-electron chi connectivity index (χ1n) is 8.89. The number of rotatable bonds is 3. The fourth-order valence-corrected chi connectivity index (χ4v) is 4.55. The number of benzene rings is 2. The second-order valence-electron chi connectivity index (χ2n) is 6.51. The summed E-state index contributed by atoms with van der Waals surface area (Å²) in [5, 5.41) is 12.1. The van der Waals surface area contributed by atoms with Crippen molar-refractivity contribution in [2.75, 3.05) is 13.9 Å². The molecule has 7 nitrogen and oxygen atoms in total. The molecule has 0 spiro atoms. The van der Waals surface area contributed by atoms with Crippen LogP contribution in [-0.4, -0.2) is 29.5 Å². The fourth-order valence-electron chi connectivity index (χ4n) is 3.25. The molecular weight excluding hydrogens is 424 g/mol. The Morgan fingerprint density at radius 3 is 2.90 bits per heavy atom. The van der Waals surface area contributed by atoms with E-state index in [9.17, 15) is 9.90 Å². The van der Waals surface area contributed by atoms with Gasteiger partial charge in [-0.1, -0.05) is 0 Å². The third kappa shape index (κ3) is 3.08. The molecule has 1 aromatic heterocycles. The molecule has 5 rings (SSSR count). The summed E-state index contributed by atoms with van der Waals surface area (Å²) in [6, 6.07) is 10.6. The number of thiazole rings is 1. The highest BCUT2D eigenvalue weighted by atomic mass is 32.1. The Morgan fingerprint density at radius 1 is 1.23 bits per heavy atom. The first kappa shape index (κ1) is 18.6. The van der Waals surface area contributed by atoms with E-state index in [0.29, 0.717) is 42.7 Å². The average molecular weight is 438 g/mol. The van der Waals surface area contributed by atoms with Crippen molar-refractivity contribution in [3.8, 4) is 28.8 Å². The molecule has 0 radical (unpaired) electrons. The Hall–Kier alpha value is -3.43. The van der Waals surface area contributed by atoms with E-state index >= 15 is 0 Å². The first-order chi connectivity index (χ1) is 14.5. The third-order valence-corrected chi connectivity index (χ3v) is 6.04. The number of amides is 1. The predicted octanol–water partition coefficient (Wildman–Crippen LogP) is 2.74. The Labute approximate surface area is 179 Å². The average Bonchev–Trinajstić information content (AvgIpc) is 3.31. The maximum atomic E-state index is 12.5. The Morgan fingerprint density at radius 2 is 2.07 bits per heavy atom. The number of aromatic nitrogens is 1. The molecule has 3 aromatic rings. The molecule has 0 unspecified atom stereocenters. The number of methoxy groups -OCH3 is 1. The van der Waals surface area contributed by atoms with Crippen molar-refractivity contribution in [1.29, 1.82) is 0 Å². The number of fused-ring (bicyclic) bond motifs is 2. The minimum atomic E-state index is -0.399. The normalized spacial score (nSPS) is 15.5. The van der Waals surface area contributed by atoms with Crippen LogP contribution in [-0.2, 0) is 4.79 Å². The van der Waals surface area contributed by atoms with Crippen molar-refractivity contribution in [3.05, 3.63) is 61.4 Å². The minimum absolute atomic E-state index is 0.0573. The molecule has 2 aliphatic rings. The summed E-state index contributed by atoms with van der Waals surface area (Å²) in [6.07, 6.45) is 3.33. The van der Waals surface area contributed by atoms with E-state index in [1.54, 1.807) is 49.6 Å². The highest BCUT2D eigenvalue weighted by Crippen LogP contribution is 2.37. The van der Waals surface area contributed by atoms with E-state index in [4.69, 9.17) is 26.4 Å². The van der Waals surface area contributed by atoms with Crippen LogP contribution in [0.15, 0.2) is 47.0 Å². The summed E-state index contributed by atoms with van der Waals surface area (Å²) in [5.41, 5.74) is 1.00. The monoisotopic (exact) mass is 438 g/mol. The molecule has 30 heavy (non-hydrogen) atoms. The molecule has 0 aliphatic carbocycles. The van der Waals surface area contributed by atoms with E-state index in [0.717, 1.165) is 5.22 Å². The molecule has 0 saturated heterocycles. The van der Waals surface area contributed by atoms with Gasteiger partial charge in [-0.15, -0.1) is 11.3 Å². The van der Waals surface area contributed by atoms with E-state index in [2.05, 4.69) is 4.99 Å². The van der Waals surface area contributed by atoms with E-state index in [1.165, 1.54) is 15.9 Å². The van der Waals surface area contributed by atoms with Crippen molar-refractivity contribution in [1.82, 2.24) is 4.57 Å². The minimum Gasteiger partial charge on any atom is -0.497 e. The SMILES string of the molecule is COc1ccc2c(c1)=NC(=O)/C(=C\c1sc(=S)n(-c3ccc4c(c3)OCO4)c1O)C=2. The molecule has 150 valence electrons. The number of nitrogens with zero attached hydrogens (tertiary/aromatic N) is 2. The van der Waals surface area contributed by atoms with Gasteiger partial charge >= 0.3 is 0 Å². The lowest BCUT2D eigenvalue weighted by atomic mass is 10.1. The molecule has 1 amide bonds. The summed E-state index contributed by atoms with van der Waals surface area (Å²) in [4.78, 5) is 17.1. The van der Waals surface area contributed by atoms with Gasteiger partial charge in [-0.3, -0.25) is 9.36 Å². The topological polar surface area (TPSA) is 82.3 Å². The molecule has 0 saturated carbocycles. The van der Waals surface area contributed by atoms with Crippen LogP contribution in [0, 0.1) is 3.95 Å². The lowest BCUT2D eigenvalue weighted by Crippen LogP contribution is -2.30. The molecule has 0 fully saturated rings. The zero-order valence-electron chi connectivity index (χ0n) is 15.6. The lowest BCUT2D eigenvalue weighted by Gasteiger charge is -2.07. The number of hydrogen-bond acceptors (Lipinski definition) is 7. The van der Waals surface area contributed by atoms with Crippen molar-refractivity contribution in [2.24, 2.45) is 4.99 Å². The van der Waals surface area contributed by atoms with Gasteiger partial charge in [0.25, 0.3) is 5.91 Å². The summed E-state index contributed by atoms with van der Waals surface area (Å²) >= 11 is 6.64. The molecule has 9 heteroatoms. The number of hydrogen-bond donors (Lipinski definition) is 1. The summed E-state index contributed by atoms with van der Waals surface area (Å²) in [5.74, 6) is 1.40. The smallest absolute Gasteiger partial charge is 0.277 e. The van der Waals surface area contributed by atoms with Gasteiger partial charge in [-0.05, 0) is 48.6 Å². The Balaban J connectivity index is 1.58. The maximum absolute atomic E-state index is 12.5. The van der Waals surface area contributed by atoms with Gasteiger partial charge in [0.2, 0.25) is 12.7 Å². The van der Waals surface area contributed by atoms with Gasteiger partial charge in [0.05, 0.1) is 23.0 Å².